The number of sulfonamides is 1. The highest BCUT2D eigenvalue weighted by Gasteiger charge is 2.35. The molecule has 48 heavy (non-hydrogen) atoms. The molecule has 0 bridgehead atoms. The summed E-state index contributed by atoms with van der Waals surface area (Å²) in [6.07, 6.45) is 2.82. The lowest BCUT2D eigenvalue weighted by Gasteiger charge is -2.13. The van der Waals surface area contributed by atoms with E-state index in [1.807, 2.05) is 0 Å². The van der Waals surface area contributed by atoms with Crippen LogP contribution in [0.4, 0.5) is 18.0 Å². The van der Waals surface area contributed by atoms with Gasteiger partial charge in [0.05, 0.1) is 22.8 Å². The van der Waals surface area contributed by atoms with Gasteiger partial charge in [0.15, 0.2) is 0 Å². The summed E-state index contributed by atoms with van der Waals surface area (Å²) in [7, 11) is -2.45. The summed E-state index contributed by atoms with van der Waals surface area (Å²) in [5, 5.41) is 8.48. The molecule has 0 fully saturated rings. The third-order valence-electron chi connectivity index (χ3n) is 6.41. The molecule has 5 rings (SSSR count). The Morgan fingerprint density at radius 2 is 1.79 bits per heavy atom. The second kappa shape index (κ2) is 14.5. The van der Waals surface area contributed by atoms with Crippen LogP contribution in [0.1, 0.15) is 18.7 Å². The number of fused-ring (bicyclic) bond motifs is 1. The van der Waals surface area contributed by atoms with Crippen molar-refractivity contribution in [1.82, 2.24) is 33.4 Å². The minimum atomic E-state index is -5.15. The number of halogens is 5. The van der Waals surface area contributed by atoms with Crippen molar-refractivity contribution >= 4 is 39.3 Å². The molecule has 0 unspecified atom stereocenters. The van der Waals surface area contributed by atoms with Crippen LogP contribution < -0.4 is 30.3 Å². The molecule has 0 saturated heterocycles. The first-order valence-electron chi connectivity index (χ1n) is 13.4. The fourth-order valence-electron chi connectivity index (χ4n) is 4.29. The van der Waals surface area contributed by atoms with Gasteiger partial charge in [0.2, 0.25) is 0 Å². The number of benzene rings is 2. The standard InChI is InChI=1S/C15H13Cl2N3O2.C12H11F3N4O6S/c1-2-7-22-13-9-12(10(16)8-11(13)17)20-15(21)19-6-4-3-5-14(19)18-20;1-18-10(24-2)16-19(11(18)21)9(20)17-26(22,23)8-6-4-3-5-7(8)25-12(13,14)15/h1,8-9H,3-7H2;3-6H,1-2H3,(H,17,20). The minimum Gasteiger partial charge on any atom is -0.479 e. The zero-order chi connectivity index (χ0) is 35.4. The van der Waals surface area contributed by atoms with Gasteiger partial charge in [0.25, 0.3) is 10.0 Å². The molecule has 256 valence electrons. The van der Waals surface area contributed by atoms with Gasteiger partial charge in [-0.15, -0.1) is 34.5 Å². The van der Waals surface area contributed by atoms with Gasteiger partial charge >= 0.3 is 29.8 Å². The Balaban J connectivity index is 0.000000219. The van der Waals surface area contributed by atoms with Crippen LogP contribution in [0.3, 0.4) is 0 Å². The number of terminal acetylenes is 1. The summed E-state index contributed by atoms with van der Waals surface area (Å²) in [6, 6.07) is 5.08. The van der Waals surface area contributed by atoms with Crippen LogP contribution in [0.2, 0.25) is 10.0 Å². The smallest absolute Gasteiger partial charge is 0.479 e. The molecule has 0 aliphatic carbocycles. The zero-order valence-corrected chi connectivity index (χ0v) is 27.2. The predicted molar refractivity (Wildman–Crippen MR) is 163 cm³/mol. The number of hydrogen-bond acceptors (Lipinski definition) is 10. The van der Waals surface area contributed by atoms with Crippen molar-refractivity contribution in [2.75, 3.05) is 13.7 Å². The molecule has 0 spiro atoms. The number of aryl methyl sites for hydroxylation is 1. The largest absolute Gasteiger partial charge is 0.573 e. The molecular formula is C27H24Cl2F3N7O8S. The normalized spacial score (nSPS) is 12.6. The maximum Gasteiger partial charge on any atom is 0.573 e. The van der Waals surface area contributed by atoms with E-state index in [9.17, 15) is 36.0 Å². The molecule has 3 heterocycles. The van der Waals surface area contributed by atoms with Gasteiger partial charge in [-0.2, -0.15) is 4.68 Å². The molecule has 15 nitrogen and oxygen atoms in total. The second-order valence-electron chi connectivity index (χ2n) is 9.59. The maximum absolute atomic E-state index is 12.5. The SMILES string of the molecule is C#CCOc1cc(-n2nc3n(c2=O)CCCC3)c(Cl)cc1Cl.COc1nn(C(=O)NS(=O)(=O)c2ccccc2OC(F)(F)F)c(=O)n1C. The van der Waals surface area contributed by atoms with Gasteiger partial charge in [-0.3, -0.25) is 4.57 Å². The van der Waals surface area contributed by atoms with Gasteiger partial charge in [-0.25, -0.2) is 32.1 Å². The third-order valence-corrected chi connectivity index (χ3v) is 8.37. The number of hydrogen-bond donors (Lipinski definition) is 1. The maximum atomic E-state index is 12.5. The van der Waals surface area contributed by atoms with Crippen molar-refractivity contribution < 1.29 is 40.6 Å². The lowest BCUT2D eigenvalue weighted by molar-refractivity contribution is -0.275. The number of para-hydroxylation sites is 1. The van der Waals surface area contributed by atoms with Gasteiger partial charge in [-0.1, -0.05) is 41.3 Å². The van der Waals surface area contributed by atoms with Crippen molar-refractivity contribution in [1.29, 1.82) is 0 Å². The van der Waals surface area contributed by atoms with Crippen LogP contribution in [-0.2, 0) is 30.0 Å². The molecule has 0 saturated carbocycles. The van der Waals surface area contributed by atoms with E-state index in [2.05, 4.69) is 20.9 Å². The Hall–Kier alpha value is -4.93. The Bertz CT molecular complexity index is 2120. The van der Waals surface area contributed by atoms with E-state index < -0.39 is 38.8 Å². The summed E-state index contributed by atoms with van der Waals surface area (Å²) in [6.45, 7) is 0.759. The van der Waals surface area contributed by atoms with Gasteiger partial charge < -0.3 is 14.2 Å². The molecule has 1 N–H and O–H groups in total. The quantitative estimate of drug-likeness (QED) is 0.279. The van der Waals surface area contributed by atoms with Crippen LogP contribution in [0.15, 0.2) is 50.9 Å². The van der Waals surface area contributed by atoms with E-state index in [4.69, 9.17) is 39.1 Å². The molecular weight excluding hydrogens is 710 g/mol. The highest BCUT2D eigenvalue weighted by atomic mass is 35.5. The average molecular weight is 734 g/mol. The van der Waals surface area contributed by atoms with Gasteiger partial charge in [0.1, 0.15) is 28.8 Å². The van der Waals surface area contributed by atoms with Gasteiger partial charge in [0, 0.05) is 26.1 Å². The first-order valence-corrected chi connectivity index (χ1v) is 15.7. The highest BCUT2D eigenvalue weighted by Crippen LogP contribution is 2.33. The lowest BCUT2D eigenvalue weighted by Crippen LogP contribution is -2.40. The van der Waals surface area contributed by atoms with Crippen LogP contribution in [-0.4, -0.2) is 63.2 Å². The van der Waals surface area contributed by atoms with Crippen LogP contribution in [0.25, 0.3) is 5.69 Å². The Kier molecular flexibility index (Phi) is 10.8. The van der Waals surface area contributed by atoms with Crippen molar-refractivity contribution in [3.8, 4) is 35.5 Å². The summed E-state index contributed by atoms with van der Waals surface area (Å²) >= 11 is 12.3. The molecule has 1 aliphatic rings. The number of aromatic nitrogens is 6. The summed E-state index contributed by atoms with van der Waals surface area (Å²) in [4.78, 5) is 35.4. The van der Waals surface area contributed by atoms with Crippen molar-refractivity contribution in [3.05, 3.63) is 73.2 Å². The Labute approximate surface area is 279 Å². The topological polar surface area (TPSA) is 171 Å². The number of alkyl halides is 3. The fraction of sp³-hybridized carbons (Fsp3) is 0.296. The number of methoxy groups -OCH3 is 1. The lowest BCUT2D eigenvalue weighted by atomic mass is 10.2. The summed E-state index contributed by atoms with van der Waals surface area (Å²) < 4.78 is 80.7. The van der Waals surface area contributed by atoms with E-state index >= 15 is 0 Å². The van der Waals surface area contributed by atoms with E-state index in [1.165, 1.54) is 22.5 Å². The number of ether oxygens (including phenoxy) is 3. The van der Waals surface area contributed by atoms with Crippen LogP contribution >= 0.6 is 23.2 Å². The van der Waals surface area contributed by atoms with E-state index in [-0.39, 0.29) is 23.0 Å². The Morgan fingerprint density at radius 1 is 1.08 bits per heavy atom. The van der Waals surface area contributed by atoms with Crippen molar-refractivity contribution in [2.24, 2.45) is 7.05 Å². The zero-order valence-electron chi connectivity index (χ0n) is 24.8. The molecule has 1 aliphatic heterocycles. The Morgan fingerprint density at radius 3 is 2.42 bits per heavy atom. The predicted octanol–water partition coefficient (Wildman–Crippen LogP) is 3.12. The molecule has 2 aromatic carbocycles. The average Bonchev–Trinajstić information content (AvgIpc) is 3.51. The van der Waals surface area contributed by atoms with Gasteiger partial charge in [-0.05, 0) is 31.0 Å². The van der Waals surface area contributed by atoms with E-state index in [0.717, 1.165) is 61.0 Å². The van der Waals surface area contributed by atoms with Crippen molar-refractivity contribution in [3.63, 3.8) is 0 Å². The van der Waals surface area contributed by atoms with Crippen molar-refractivity contribution in [2.45, 2.75) is 37.1 Å². The number of nitrogens with one attached hydrogen (secondary N) is 1. The molecule has 0 radical (unpaired) electrons. The monoisotopic (exact) mass is 733 g/mol. The highest BCUT2D eigenvalue weighted by molar-refractivity contribution is 7.90. The fourth-order valence-corrected chi connectivity index (χ4v) is 5.87. The third kappa shape index (κ3) is 7.95. The number of rotatable bonds is 7. The summed E-state index contributed by atoms with van der Waals surface area (Å²) in [5.41, 5.74) is -0.804. The first kappa shape index (κ1) is 35.9. The number of amides is 1. The number of nitrogens with zero attached hydrogens (tertiary/aromatic N) is 6. The van der Waals surface area contributed by atoms with E-state index in [0.29, 0.717) is 28.0 Å². The molecule has 1 amide bonds. The molecule has 2 aromatic heterocycles. The molecule has 21 heteroatoms. The number of carbonyl (C=O) groups is 1. The van der Waals surface area contributed by atoms with Crippen LogP contribution in [0.5, 0.6) is 17.5 Å². The summed E-state index contributed by atoms with van der Waals surface area (Å²) in [5.74, 6) is 2.46. The number of carbonyl (C=O) groups excluding carboxylic acids is 1. The minimum absolute atomic E-state index is 0.0788. The second-order valence-corrected chi connectivity index (χ2v) is 12.1. The molecule has 4 aromatic rings. The molecule has 0 atom stereocenters. The van der Waals surface area contributed by atoms with Crippen LogP contribution in [0, 0.1) is 12.3 Å². The van der Waals surface area contributed by atoms with E-state index in [1.54, 1.807) is 10.6 Å². The first-order chi connectivity index (χ1) is 22.6.